The van der Waals surface area contributed by atoms with Crippen LogP contribution in [0.2, 0.25) is 0 Å². The Morgan fingerprint density at radius 1 is 1.05 bits per heavy atom. The number of hydrogen-bond donors (Lipinski definition) is 2. The molecule has 8 heteroatoms. The molecule has 0 aromatic heterocycles. The molecule has 1 atom stereocenters. The normalized spacial score (nSPS) is 15.5. The predicted octanol–water partition coefficient (Wildman–Crippen LogP) is 5.50. The van der Waals surface area contributed by atoms with Crippen LogP contribution in [-0.2, 0) is 16.0 Å². The molecule has 0 radical (unpaired) electrons. The summed E-state index contributed by atoms with van der Waals surface area (Å²) in [4.78, 5) is 23.2. The van der Waals surface area contributed by atoms with Crippen LogP contribution in [0.4, 0.5) is 0 Å². The van der Waals surface area contributed by atoms with Gasteiger partial charge in [-0.15, -0.1) is 0 Å². The Balaban J connectivity index is 2.01. The Morgan fingerprint density at radius 3 is 2.50 bits per heavy atom. The maximum absolute atomic E-state index is 12.3. The summed E-state index contributed by atoms with van der Waals surface area (Å²) in [5.41, 5.74) is 4.98. The van der Waals surface area contributed by atoms with E-state index >= 15 is 0 Å². The molecule has 208 valence electrons. The number of aryl methyl sites for hydroxylation is 1. The number of carbonyl (C=O) groups excluding carboxylic acids is 1. The number of fused-ring (bicyclic) bond motifs is 3. The van der Waals surface area contributed by atoms with Gasteiger partial charge in [0.2, 0.25) is 11.7 Å². The molecule has 1 unspecified atom stereocenters. The Morgan fingerprint density at radius 2 is 1.85 bits per heavy atom. The van der Waals surface area contributed by atoms with Crippen molar-refractivity contribution in [1.29, 1.82) is 0 Å². The minimum Gasteiger partial charge on any atom is -0.493 e. The van der Waals surface area contributed by atoms with Crippen LogP contribution in [0.25, 0.3) is 11.1 Å². The largest absolute Gasteiger partial charge is 0.493 e. The molecular weight excluding hydrogens is 510 g/mol. The van der Waals surface area contributed by atoms with Crippen LogP contribution in [0.5, 0.6) is 23.0 Å². The fourth-order valence-electron chi connectivity index (χ4n) is 5.01. The second kappa shape index (κ2) is 12.9. The third kappa shape index (κ3) is 6.32. The van der Waals surface area contributed by atoms with Crippen molar-refractivity contribution in [1.82, 2.24) is 5.32 Å². The van der Waals surface area contributed by atoms with Crippen molar-refractivity contribution in [3.63, 3.8) is 0 Å². The Kier molecular flexibility index (Phi) is 9.18. The lowest BCUT2D eigenvalue weighted by Gasteiger charge is -2.23. The Labute approximate surface area is 234 Å². The smallest absolute Gasteiger partial charge is 0.307 e. The van der Waals surface area contributed by atoms with E-state index in [9.17, 15) is 9.59 Å². The number of carboxylic acids is 1. The molecule has 2 aliphatic rings. The quantitative estimate of drug-likeness (QED) is 0.335. The van der Waals surface area contributed by atoms with Crippen molar-refractivity contribution in [3.05, 3.63) is 71.0 Å². The first kappa shape index (κ1) is 28.4. The lowest BCUT2D eigenvalue weighted by molar-refractivity contribution is -0.136. The molecule has 1 amide bonds. The molecule has 0 saturated heterocycles. The number of hydrogen-bond acceptors (Lipinski definition) is 6. The highest BCUT2D eigenvalue weighted by molar-refractivity contribution is 5.87. The zero-order valence-corrected chi connectivity index (χ0v) is 23.1. The highest BCUT2D eigenvalue weighted by Crippen LogP contribution is 2.52. The molecule has 2 aromatic carbocycles. The van der Waals surface area contributed by atoms with E-state index in [2.05, 4.69) is 29.3 Å². The van der Waals surface area contributed by atoms with Crippen LogP contribution in [0.15, 0.2) is 54.3 Å². The van der Waals surface area contributed by atoms with Gasteiger partial charge in [0.1, 0.15) is 5.75 Å². The monoisotopic (exact) mass is 543 g/mol. The molecule has 2 N–H and O–H groups in total. The summed E-state index contributed by atoms with van der Waals surface area (Å²) < 4.78 is 23.1. The molecular formula is C32H33NO7. The average Bonchev–Trinajstić information content (AvgIpc) is 3.10. The fraction of sp³-hybridized carbons (Fsp3) is 0.312. The van der Waals surface area contributed by atoms with E-state index in [0.29, 0.717) is 41.4 Å². The van der Waals surface area contributed by atoms with Crippen molar-refractivity contribution in [3.8, 4) is 46.0 Å². The predicted molar refractivity (Wildman–Crippen MR) is 152 cm³/mol. The number of allylic oxidation sites excluding steroid dienone is 4. The van der Waals surface area contributed by atoms with Crippen molar-refractivity contribution >= 4 is 11.9 Å². The molecule has 2 aliphatic carbocycles. The van der Waals surface area contributed by atoms with Gasteiger partial charge in [0, 0.05) is 29.2 Å². The summed E-state index contributed by atoms with van der Waals surface area (Å²) in [6, 6.07) is 5.28. The molecule has 2 aromatic rings. The maximum Gasteiger partial charge on any atom is 0.307 e. The lowest BCUT2D eigenvalue weighted by Crippen LogP contribution is -2.26. The Bertz CT molecular complexity index is 1460. The summed E-state index contributed by atoms with van der Waals surface area (Å²) in [5, 5.41) is 12.1. The van der Waals surface area contributed by atoms with E-state index < -0.39 is 5.97 Å². The van der Waals surface area contributed by atoms with Crippen LogP contribution < -0.4 is 24.3 Å². The molecule has 8 nitrogen and oxygen atoms in total. The lowest BCUT2D eigenvalue weighted by atomic mass is 9.89. The van der Waals surface area contributed by atoms with Crippen LogP contribution in [0, 0.1) is 11.8 Å². The number of nitrogens with one attached hydrogen (secondary N) is 1. The van der Waals surface area contributed by atoms with Gasteiger partial charge in [0.15, 0.2) is 11.5 Å². The summed E-state index contributed by atoms with van der Waals surface area (Å²) >= 11 is 0. The fourth-order valence-corrected chi connectivity index (χ4v) is 5.01. The third-order valence-corrected chi connectivity index (χ3v) is 6.69. The van der Waals surface area contributed by atoms with E-state index in [1.54, 1.807) is 21.3 Å². The van der Waals surface area contributed by atoms with Gasteiger partial charge in [0.25, 0.3) is 0 Å². The number of aliphatic carboxylic acids is 1. The molecule has 4 rings (SSSR count). The van der Waals surface area contributed by atoms with Crippen LogP contribution in [0.3, 0.4) is 0 Å². The van der Waals surface area contributed by atoms with Crippen molar-refractivity contribution in [2.24, 2.45) is 0 Å². The Hall–Kier alpha value is -4.64. The summed E-state index contributed by atoms with van der Waals surface area (Å²) in [6.07, 6.45) is 12.0. The maximum atomic E-state index is 12.3. The average molecular weight is 544 g/mol. The summed E-state index contributed by atoms with van der Waals surface area (Å²) in [6.45, 7) is 1.49. The van der Waals surface area contributed by atoms with Gasteiger partial charge in [-0.25, -0.2) is 0 Å². The number of benzene rings is 2. The number of methoxy groups -OCH3 is 3. The molecule has 0 spiro atoms. The minimum absolute atomic E-state index is 0.165. The second-order valence-corrected chi connectivity index (χ2v) is 9.38. The number of rotatable bonds is 8. The minimum atomic E-state index is -0.957. The molecule has 0 aliphatic heterocycles. The van der Waals surface area contributed by atoms with Gasteiger partial charge in [-0.1, -0.05) is 30.1 Å². The van der Waals surface area contributed by atoms with Gasteiger partial charge >= 0.3 is 5.97 Å². The summed E-state index contributed by atoms with van der Waals surface area (Å²) in [5.74, 6) is 7.49. The highest BCUT2D eigenvalue weighted by atomic mass is 16.5. The van der Waals surface area contributed by atoms with Crippen LogP contribution in [0.1, 0.15) is 55.3 Å². The molecule has 0 fully saturated rings. The van der Waals surface area contributed by atoms with Gasteiger partial charge in [-0.3, -0.25) is 9.59 Å². The number of ether oxygens (including phenoxy) is 4. The number of carbonyl (C=O) groups is 2. The first-order chi connectivity index (χ1) is 19.4. The molecule has 0 saturated carbocycles. The number of amides is 1. The SMILES string of the molecule is COc1cc2c(c(OC)c1OC)-c1c(C#CC3=CCCC=C3)cc(O/C=C/CC(=O)O)cc1C(NC(C)=O)CC2. The first-order valence-corrected chi connectivity index (χ1v) is 13.1. The van der Waals surface area contributed by atoms with E-state index in [0.717, 1.165) is 40.7 Å². The molecule has 40 heavy (non-hydrogen) atoms. The standard InChI is InChI=1S/C32H33NO7/c1-20(34)33-26-15-14-23-18-27(37-2)31(38-3)32(39-4)30(23)29-22(13-12-21-9-6-5-7-10-21)17-24(19-25(26)29)40-16-8-11-28(35)36/h6,8-10,16-19,26H,5,7,11,14-15H2,1-4H3,(H,33,34)(H,35,36)/b16-8+. The van der Waals surface area contributed by atoms with Crippen molar-refractivity contribution in [2.45, 2.75) is 45.1 Å². The zero-order valence-electron chi connectivity index (χ0n) is 23.1. The second-order valence-electron chi connectivity index (χ2n) is 9.38. The molecule has 0 heterocycles. The van der Waals surface area contributed by atoms with Crippen molar-refractivity contribution < 1.29 is 33.6 Å². The van der Waals surface area contributed by atoms with Crippen LogP contribution in [-0.4, -0.2) is 38.3 Å². The zero-order chi connectivity index (χ0) is 28.6. The van der Waals surface area contributed by atoms with Crippen LogP contribution >= 0.6 is 0 Å². The first-order valence-electron chi connectivity index (χ1n) is 13.1. The van der Waals surface area contributed by atoms with Crippen molar-refractivity contribution in [2.75, 3.05) is 21.3 Å². The van der Waals surface area contributed by atoms with Gasteiger partial charge in [-0.2, -0.15) is 0 Å². The van der Waals surface area contributed by atoms with E-state index in [1.165, 1.54) is 19.3 Å². The van der Waals surface area contributed by atoms with Gasteiger partial charge in [0.05, 0.1) is 40.1 Å². The third-order valence-electron chi connectivity index (χ3n) is 6.69. The van der Waals surface area contributed by atoms with E-state index in [4.69, 9.17) is 24.1 Å². The van der Waals surface area contributed by atoms with Gasteiger partial charge in [-0.05, 0) is 61.1 Å². The molecule has 0 bridgehead atoms. The number of carboxylic acid groups (broad SMARTS) is 1. The summed E-state index contributed by atoms with van der Waals surface area (Å²) in [7, 11) is 4.73. The highest BCUT2D eigenvalue weighted by Gasteiger charge is 2.31. The van der Waals surface area contributed by atoms with E-state index in [-0.39, 0.29) is 18.4 Å². The van der Waals surface area contributed by atoms with Gasteiger partial charge < -0.3 is 29.4 Å². The topological polar surface area (TPSA) is 103 Å². The van der Waals surface area contributed by atoms with E-state index in [1.807, 2.05) is 24.3 Å².